The number of carbonyl (C=O) groups excluding carboxylic acids is 2. The van der Waals surface area contributed by atoms with Crippen molar-refractivity contribution >= 4 is 17.5 Å². The first-order valence-electron chi connectivity index (χ1n) is 8.41. The van der Waals surface area contributed by atoms with Crippen molar-refractivity contribution in [2.24, 2.45) is 0 Å². The van der Waals surface area contributed by atoms with E-state index in [9.17, 15) is 9.59 Å². The van der Waals surface area contributed by atoms with E-state index >= 15 is 0 Å². The average Bonchev–Trinajstić information content (AvgIpc) is 2.65. The summed E-state index contributed by atoms with van der Waals surface area (Å²) in [5.41, 5.74) is 4.10. The molecule has 0 radical (unpaired) electrons. The number of hydrogen-bond acceptors (Lipinski definition) is 3. The van der Waals surface area contributed by atoms with Crippen molar-refractivity contribution in [3.05, 3.63) is 64.7 Å². The van der Waals surface area contributed by atoms with Gasteiger partial charge in [0.2, 0.25) is 0 Å². The summed E-state index contributed by atoms with van der Waals surface area (Å²) in [5, 5.41) is 2.93. The first kappa shape index (κ1) is 17.2. The van der Waals surface area contributed by atoms with Gasteiger partial charge in [-0.3, -0.25) is 9.59 Å². The molecule has 0 bridgehead atoms. The van der Waals surface area contributed by atoms with Crippen LogP contribution in [0.3, 0.4) is 0 Å². The molecule has 1 aliphatic heterocycles. The number of nitrogens with one attached hydrogen (secondary N) is 1. The summed E-state index contributed by atoms with van der Waals surface area (Å²) in [7, 11) is 0. The van der Waals surface area contributed by atoms with E-state index in [0.29, 0.717) is 37.4 Å². The Morgan fingerprint density at radius 2 is 1.60 bits per heavy atom. The van der Waals surface area contributed by atoms with E-state index in [1.54, 1.807) is 29.2 Å². The van der Waals surface area contributed by atoms with Gasteiger partial charge in [-0.05, 0) is 55.3 Å². The fourth-order valence-corrected chi connectivity index (χ4v) is 2.79. The summed E-state index contributed by atoms with van der Waals surface area (Å²) < 4.78 is 5.26. The first-order chi connectivity index (χ1) is 12.1. The molecule has 1 heterocycles. The highest BCUT2D eigenvalue weighted by Crippen LogP contribution is 2.19. The molecule has 3 rings (SSSR count). The van der Waals surface area contributed by atoms with Crippen molar-refractivity contribution in [3.63, 3.8) is 0 Å². The molecule has 1 fully saturated rings. The van der Waals surface area contributed by atoms with Crippen molar-refractivity contribution in [2.45, 2.75) is 13.8 Å². The molecule has 2 amide bonds. The van der Waals surface area contributed by atoms with Gasteiger partial charge in [-0.15, -0.1) is 0 Å². The molecule has 130 valence electrons. The lowest BCUT2D eigenvalue weighted by Crippen LogP contribution is -2.40. The summed E-state index contributed by atoms with van der Waals surface area (Å²) in [4.78, 5) is 26.6. The number of rotatable bonds is 3. The van der Waals surface area contributed by atoms with Gasteiger partial charge in [-0.2, -0.15) is 0 Å². The van der Waals surface area contributed by atoms with Crippen LogP contribution in [0.2, 0.25) is 0 Å². The molecule has 1 saturated heterocycles. The van der Waals surface area contributed by atoms with Crippen LogP contribution in [0.15, 0.2) is 42.5 Å². The van der Waals surface area contributed by atoms with Crippen LogP contribution < -0.4 is 5.32 Å². The van der Waals surface area contributed by atoms with Gasteiger partial charge in [0.25, 0.3) is 11.8 Å². The van der Waals surface area contributed by atoms with Gasteiger partial charge in [0, 0.05) is 29.9 Å². The number of aryl methyl sites for hydroxylation is 1. The summed E-state index contributed by atoms with van der Waals surface area (Å²) >= 11 is 0. The Bertz CT molecular complexity index is 778. The second-order valence-corrected chi connectivity index (χ2v) is 6.18. The molecular formula is C20H22N2O3. The van der Waals surface area contributed by atoms with Crippen molar-refractivity contribution in [3.8, 4) is 0 Å². The molecule has 1 aliphatic rings. The van der Waals surface area contributed by atoms with Crippen LogP contribution in [0, 0.1) is 13.8 Å². The van der Waals surface area contributed by atoms with E-state index in [1.807, 2.05) is 32.0 Å². The third kappa shape index (κ3) is 3.88. The SMILES string of the molecule is Cc1cccc(NC(=O)c2ccc(C(=O)N3CCOCC3)cc2)c1C. The second-order valence-electron chi connectivity index (χ2n) is 6.18. The van der Waals surface area contributed by atoms with Crippen LogP contribution in [0.4, 0.5) is 5.69 Å². The van der Waals surface area contributed by atoms with E-state index in [-0.39, 0.29) is 11.8 Å². The largest absolute Gasteiger partial charge is 0.378 e. The van der Waals surface area contributed by atoms with E-state index in [0.717, 1.165) is 16.8 Å². The van der Waals surface area contributed by atoms with Gasteiger partial charge in [0.05, 0.1) is 13.2 Å². The van der Waals surface area contributed by atoms with Gasteiger partial charge < -0.3 is 15.0 Å². The molecule has 0 saturated carbocycles. The first-order valence-corrected chi connectivity index (χ1v) is 8.41. The Morgan fingerprint density at radius 3 is 2.28 bits per heavy atom. The third-order valence-electron chi connectivity index (χ3n) is 4.55. The molecule has 2 aromatic rings. The zero-order valence-electron chi connectivity index (χ0n) is 14.5. The van der Waals surface area contributed by atoms with Crippen LogP contribution in [0.25, 0.3) is 0 Å². The highest BCUT2D eigenvalue weighted by molar-refractivity contribution is 6.05. The number of amides is 2. The zero-order valence-corrected chi connectivity index (χ0v) is 14.5. The molecule has 5 heteroatoms. The molecule has 2 aromatic carbocycles. The van der Waals surface area contributed by atoms with Crippen LogP contribution in [0.1, 0.15) is 31.8 Å². The van der Waals surface area contributed by atoms with Crippen LogP contribution >= 0.6 is 0 Å². The van der Waals surface area contributed by atoms with Gasteiger partial charge in [0.1, 0.15) is 0 Å². The lowest BCUT2D eigenvalue weighted by Gasteiger charge is -2.26. The number of carbonyl (C=O) groups is 2. The van der Waals surface area contributed by atoms with E-state index in [4.69, 9.17) is 4.74 Å². The highest BCUT2D eigenvalue weighted by atomic mass is 16.5. The van der Waals surface area contributed by atoms with Crippen LogP contribution in [0.5, 0.6) is 0 Å². The maximum absolute atomic E-state index is 12.4. The minimum absolute atomic E-state index is 0.0233. The van der Waals surface area contributed by atoms with Crippen LogP contribution in [-0.4, -0.2) is 43.0 Å². The normalized spacial score (nSPS) is 14.2. The zero-order chi connectivity index (χ0) is 17.8. The number of hydrogen-bond donors (Lipinski definition) is 1. The van der Waals surface area contributed by atoms with Crippen molar-refractivity contribution in [2.75, 3.05) is 31.6 Å². The van der Waals surface area contributed by atoms with Crippen molar-refractivity contribution < 1.29 is 14.3 Å². The number of ether oxygens (including phenoxy) is 1. The number of nitrogens with zero attached hydrogens (tertiary/aromatic N) is 1. The fourth-order valence-electron chi connectivity index (χ4n) is 2.79. The average molecular weight is 338 g/mol. The van der Waals surface area contributed by atoms with E-state index in [1.165, 1.54) is 0 Å². The Labute approximate surface area is 147 Å². The maximum atomic E-state index is 12.4. The van der Waals surface area contributed by atoms with Gasteiger partial charge in [-0.1, -0.05) is 12.1 Å². The maximum Gasteiger partial charge on any atom is 0.255 e. The Kier molecular flexibility index (Phi) is 5.14. The molecule has 0 spiro atoms. The van der Waals surface area contributed by atoms with Gasteiger partial charge in [-0.25, -0.2) is 0 Å². The molecular weight excluding hydrogens is 316 g/mol. The second kappa shape index (κ2) is 7.49. The fraction of sp³-hybridized carbons (Fsp3) is 0.300. The van der Waals surface area contributed by atoms with E-state index in [2.05, 4.69) is 5.32 Å². The monoisotopic (exact) mass is 338 g/mol. The Morgan fingerprint density at radius 1 is 0.960 bits per heavy atom. The number of benzene rings is 2. The number of morpholine rings is 1. The molecule has 0 unspecified atom stereocenters. The highest BCUT2D eigenvalue weighted by Gasteiger charge is 2.18. The van der Waals surface area contributed by atoms with Gasteiger partial charge in [0.15, 0.2) is 0 Å². The quantitative estimate of drug-likeness (QED) is 0.936. The van der Waals surface area contributed by atoms with Crippen molar-refractivity contribution in [1.29, 1.82) is 0 Å². The van der Waals surface area contributed by atoms with Crippen LogP contribution in [-0.2, 0) is 4.74 Å². The minimum atomic E-state index is -0.181. The molecule has 1 N–H and O–H groups in total. The molecule has 0 atom stereocenters. The topological polar surface area (TPSA) is 58.6 Å². The minimum Gasteiger partial charge on any atom is -0.378 e. The summed E-state index contributed by atoms with van der Waals surface area (Å²) in [6.45, 7) is 6.34. The molecule has 0 aliphatic carbocycles. The Balaban J connectivity index is 1.70. The summed E-state index contributed by atoms with van der Waals surface area (Å²) in [6.07, 6.45) is 0. The number of anilines is 1. The molecule has 0 aromatic heterocycles. The van der Waals surface area contributed by atoms with Gasteiger partial charge >= 0.3 is 0 Å². The summed E-state index contributed by atoms with van der Waals surface area (Å²) in [5.74, 6) is -0.205. The van der Waals surface area contributed by atoms with Crippen molar-refractivity contribution in [1.82, 2.24) is 4.90 Å². The lowest BCUT2D eigenvalue weighted by atomic mass is 10.1. The predicted octanol–water partition coefficient (Wildman–Crippen LogP) is 3.03. The smallest absolute Gasteiger partial charge is 0.255 e. The van der Waals surface area contributed by atoms with E-state index < -0.39 is 0 Å². The molecule has 25 heavy (non-hydrogen) atoms. The predicted molar refractivity (Wildman–Crippen MR) is 97.0 cm³/mol. The standard InChI is InChI=1S/C20H22N2O3/c1-14-4-3-5-18(15(14)2)21-19(23)16-6-8-17(9-7-16)20(24)22-10-12-25-13-11-22/h3-9H,10-13H2,1-2H3,(H,21,23). The lowest BCUT2D eigenvalue weighted by molar-refractivity contribution is 0.0303. The Hall–Kier alpha value is -2.66. The summed E-state index contributed by atoms with van der Waals surface area (Å²) in [6, 6.07) is 12.6. The third-order valence-corrected chi connectivity index (χ3v) is 4.55. The molecule has 5 nitrogen and oxygen atoms in total.